The summed E-state index contributed by atoms with van der Waals surface area (Å²) >= 11 is 3.35. The second kappa shape index (κ2) is 5.25. The first kappa shape index (κ1) is 13.1. The van der Waals surface area contributed by atoms with Crippen molar-refractivity contribution >= 4 is 15.9 Å². The second-order valence-electron chi connectivity index (χ2n) is 4.75. The molecule has 2 heterocycles. The molecule has 5 nitrogen and oxygen atoms in total. The van der Waals surface area contributed by atoms with Crippen LogP contribution in [-0.4, -0.2) is 9.97 Å². The van der Waals surface area contributed by atoms with Gasteiger partial charge in [-0.15, -0.1) is 0 Å². The summed E-state index contributed by atoms with van der Waals surface area (Å²) in [6, 6.07) is 3.79. The van der Waals surface area contributed by atoms with Crippen molar-refractivity contribution in [2.75, 3.05) is 0 Å². The molecular formula is C14H12BrN3O2. The number of ether oxygens (including phenoxy) is 1. The SMILES string of the molecule is Cc1nc(OCc2cnc(C3CC3)o2)c(Br)cc1C#N. The summed E-state index contributed by atoms with van der Waals surface area (Å²) in [5.74, 6) is 2.42. The highest BCUT2D eigenvalue weighted by Gasteiger charge is 2.28. The Morgan fingerprint density at radius 3 is 3.05 bits per heavy atom. The van der Waals surface area contributed by atoms with E-state index >= 15 is 0 Å². The smallest absolute Gasteiger partial charge is 0.228 e. The molecule has 1 aliphatic carbocycles. The number of rotatable bonds is 4. The molecule has 0 atom stereocenters. The minimum absolute atomic E-state index is 0.274. The van der Waals surface area contributed by atoms with Crippen LogP contribution in [0.25, 0.3) is 0 Å². The van der Waals surface area contributed by atoms with E-state index in [1.54, 1.807) is 19.2 Å². The normalized spacial score (nSPS) is 14.1. The van der Waals surface area contributed by atoms with Gasteiger partial charge in [0.1, 0.15) is 12.7 Å². The van der Waals surface area contributed by atoms with Gasteiger partial charge >= 0.3 is 0 Å². The fourth-order valence-electron chi connectivity index (χ4n) is 1.82. The average Bonchev–Trinajstić information content (AvgIpc) is 3.19. The zero-order valence-corrected chi connectivity index (χ0v) is 12.5. The summed E-state index contributed by atoms with van der Waals surface area (Å²) in [5.41, 5.74) is 1.17. The van der Waals surface area contributed by atoms with Crippen LogP contribution in [0.2, 0.25) is 0 Å². The fraction of sp³-hybridized carbons (Fsp3) is 0.357. The lowest BCUT2D eigenvalue weighted by Crippen LogP contribution is -1.99. The van der Waals surface area contributed by atoms with Gasteiger partial charge in [-0.3, -0.25) is 0 Å². The molecule has 3 rings (SSSR count). The summed E-state index contributed by atoms with van der Waals surface area (Å²) in [6.45, 7) is 2.05. The van der Waals surface area contributed by atoms with Crippen molar-refractivity contribution in [3.63, 3.8) is 0 Å². The average molecular weight is 334 g/mol. The Hall–Kier alpha value is -1.87. The standard InChI is InChI=1S/C14H12BrN3O2/c1-8-10(5-16)4-12(15)14(18-8)19-7-11-6-17-13(20-11)9-2-3-9/h4,6,9H,2-3,7H2,1H3. The van der Waals surface area contributed by atoms with Gasteiger partial charge in [0, 0.05) is 5.92 Å². The maximum atomic E-state index is 8.93. The number of pyridine rings is 1. The molecule has 0 N–H and O–H groups in total. The zero-order valence-electron chi connectivity index (χ0n) is 10.9. The highest BCUT2D eigenvalue weighted by Crippen LogP contribution is 2.39. The number of oxazole rings is 1. The van der Waals surface area contributed by atoms with Crippen molar-refractivity contribution < 1.29 is 9.15 Å². The Labute approximate surface area is 124 Å². The van der Waals surface area contributed by atoms with E-state index in [1.807, 2.05) is 0 Å². The molecule has 0 amide bonds. The molecule has 1 fully saturated rings. The lowest BCUT2D eigenvalue weighted by molar-refractivity contribution is 0.254. The van der Waals surface area contributed by atoms with Crippen LogP contribution in [-0.2, 0) is 6.61 Å². The van der Waals surface area contributed by atoms with Crippen LogP contribution in [0.15, 0.2) is 21.2 Å². The monoisotopic (exact) mass is 333 g/mol. The van der Waals surface area contributed by atoms with Gasteiger partial charge in [0.25, 0.3) is 0 Å². The highest BCUT2D eigenvalue weighted by molar-refractivity contribution is 9.10. The summed E-state index contributed by atoms with van der Waals surface area (Å²) in [7, 11) is 0. The largest absolute Gasteiger partial charge is 0.469 e. The third-order valence-corrected chi connectivity index (χ3v) is 3.67. The van der Waals surface area contributed by atoms with E-state index in [0.717, 1.165) is 18.7 Å². The number of aryl methyl sites for hydroxylation is 1. The fourth-order valence-corrected chi connectivity index (χ4v) is 2.25. The van der Waals surface area contributed by atoms with Gasteiger partial charge in [-0.1, -0.05) is 0 Å². The Kier molecular flexibility index (Phi) is 3.45. The number of hydrogen-bond acceptors (Lipinski definition) is 5. The van der Waals surface area contributed by atoms with Gasteiger partial charge < -0.3 is 9.15 Å². The van der Waals surface area contributed by atoms with Crippen molar-refractivity contribution in [1.82, 2.24) is 9.97 Å². The molecule has 0 bridgehead atoms. The lowest BCUT2D eigenvalue weighted by atomic mass is 10.2. The predicted molar refractivity (Wildman–Crippen MR) is 74.2 cm³/mol. The first-order chi connectivity index (χ1) is 9.67. The molecule has 2 aromatic heterocycles. The number of nitriles is 1. The maximum absolute atomic E-state index is 8.93. The number of nitrogens with zero attached hydrogens (tertiary/aromatic N) is 3. The van der Waals surface area contributed by atoms with Crippen molar-refractivity contribution in [2.45, 2.75) is 32.3 Å². The molecule has 1 aliphatic rings. The van der Waals surface area contributed by atoms with Crippen molar-refractivity contribution in [3.05, 3.63) is 39.6 Å². The maximum Gasteiger partial charge on any atom is 0.228 e. The Morgan fingerprint density at radius 2 is 2.35 bits per heavy atom. The Bertz CT molecular complexity index is 686. The first-order valence-corrected chi connectivity index (χ1v) is 7.11. The van der Waals surface area contributed by atoms with Gasteiger partial charge in [-0.25, -0.2) is 9.97 Å². The van der Waals surface area contributed by atoms with Crippen LogP contribution >= 0.6 is 15.9 Å². The summed E-state index contributed by atoms with van der Waals surface area (Å²) < 4.78 is 11.9. The van der Waals surface area contributed by atoms with Crippen molar-refractivity contribution in [2.24, 2.45) is 0 Å². The van der Waals surface area contributed by atoms with E-state index < -0.39 is 0 Å². The summed E-state index contributed by atoms with van der Waals surface area (Å²) in [5, 5.41) is 8.93. The number of aromatic nitrogens is 2. The van der Waals surface area contributed by atoms with E-state index in [0.29, 0.717) is 33.3 Å². The molecule has 0 radical (unpaired) electrons. The Morgan fingerprint density at radius 1 is 1.55 bits per heavy atom. The van der Waals surface area contributed by atoms with Crippen molar-refractivity contribution in [1.29, 1.82) is 5.26 Å². The molecular weight excluding hydrogens is 322 g/mol. The number of halogens is 1. The van der Waals surface area contributed by atoms with Crippen LogP contribution < -0.4 is 4.74 Å². The third kappa shape index (κ3) is 2.68. The Balaban J connectivity index is 1.71. The van der Waals surface area contributed by atoms with Gasteiger partial charge in [-0.05, 0) is 41.8 Å². The molecule has 2 aromatic rings. The van der Waals surface area contributed by atoms with Gasteiger partial charge in [0.05, 0.1) is 21.9 Å². The van der Waals surface area contributed by atoms with Gasteiger partial charge in [0.2, 0.25) is 5.88 Å². The molecule has 0 unspecified atom stereocenters. The van der Waals surface area contributed by atoms with Gasteiger partial charge in [-0.2, -0.15) is 5.26 Å². The molecule has 0 aliphatic heterocycles. The lowest BCUT2D eigenvalue weighted by Gasteiger charge is -2.07. The van der Waals surface area contributed by atoms with E-state index in [9.17, 15) is 0 Å². The third-order valence-electron chi connectivity index (χ3n) is 3.10. The van der Waals surface area contributed by atoms with E-state index in [4.69, 9.17) is 14.4 Å². The molecule has 20 heavy (non-hydrogen) atoms. The van der Waals surface area contributed by atoms with Crippen LogP contribution in [0.4, 0.5) is 0 Å². The molecule has 0 aromatic carbocycles. The minimum Gasteiger partial charge on any atom is -0.469 e. The van der Waals surface area contributed by atoms with E-state index in [2.05, 4.69) is 32.0 Å². The van der Waals surface area contributed by atoms with Gasteiger partial charge in [0.15, 0.2) is 11.7 Å². The van der Waals surface area contributed by atoms with Crippen LogP contribution in [0, 0.1) is 18.3 Å². The zero-order chi connectivity index (χ0) is 14.1. The number of hydrogen-bond donors (Lipinski definition) is 0. The topological polar surface area (TPSA) is 71.9 Å². The van der Waals surface area contributed by atoms with Crippen molar-refractivity contribution in [3.8, 4) is 11.9 Å². The first-order valence-electron chi connectivity index (χ1n) is 6.32. The predicted octanol–water partition coefficient (Wildman–Crippen LogP) is 3.47. The molecule has 6 heteroatoms. The molecule has 102 valence electrons. The summed E-state index contributed by atoms with van der Waals surface area (Å²) in [6.07, 6.45) is 4.00. The minimum atomic E-state index is 0.274. The van der Waals surface area contributed by atoms with E-state index in [-0.39, 0.29) is 6.61 Å². The highest BCUT2D eigenvalue weighted by atomic mass is 79.9. The second-order valence-corrected chi connectivity index (χ2v) is 5.60. The van der Waals surface area contributed by atoms with Crippen LogP contribution in [0.1, 0.15) is 41.7 Å². The van der Waals surface area contributed by atoms with E-state index in [1.165, 1.54) is 0 Å². The van der Waals surface area contributed by atoms with Crippen LogP contribution in [0.5, 0.6) is 5.88 Å². The summed E-state index contributed by atoms with van der Waals surface area (Å²) in [4.78, 5) is 8.50. The quantitative estimate of drug-likeness (QED) is 0.856. The molecule has 0 spiro atoms. The molecule has 1 saturated carbocycles. The molecule has 0 saturated heterocycles. The van der Waals surface area contributed by atoms with Crippen LogP contribution in [0.3, 0.4) is 0 Å².